The molecular formula is C10H8Cl2O2. The van der Waals surface area contributed by atoms with Crippen LogP contribution in [-0.2, 0) is 4.79 Å². The van der Waals surface area contributed by atoms with E-state index in [0.29, 0.717) is 16.3 Å². The lowest BCUT2D eigenvalue weighted by molar-refractivity contribution is -0.107. The molecule has 0 amide bonds. The van der Waals surface area contributed by atoms with Crippen molar-refractivity contribution in [3.8, 4) is 5.75 Å². The van der Waals surface area contributed by atoms with Crippen LogP contribution in [0.5, 0.6) is 5.75 Å². The minimum absolute atomic E-state index is 0.462. The zero-order valence-electron chi connectivity index (χ0n) is 7.46. The average molecular weight is 231 g/mol. The highest BCUT2D eigenvalue weighted by Gasteiger charge is 2.03. The van der Waals surface area contributed by atoms with Crippen molar-refractivity contribution < 1.29 is 9.53 Å². The lowest BCUT2D eigenvalue weighted by Crippen LogP contribution is -1.86. The summed E-state index contributed by atoms with van der Waals surface area (Å²) in [6, 6.07) is 5.28. The van der Waals surface area contributed by atoms with Gasteiger partial charge in [0.1, 0.15) is 5.75 Å². The summed E-state index contributed by atoms with van der Waals surface area (Å²) in [4.78, 5) is 10.5. The van der Waals surface area contributed by atoms with Crippen LogP contribution in [0.3, 0.4) is 0 Å². The summed E-state index contributed by atoms with van der Waals surface area (Å²) < 4.78 is 5.01. The summed E-state index contributed by atoms with van der Waals surface area (Å²) >= 11 is 11.1. The normalized spacial score (nSPS) is 10.5. The van der Waals surface area contributed by atoms with Crippen molar-refractivity contribution in [2.75, 3.05) is 7.11 Å². The highest BCUT2D eigenvalue weighted by atomic mass is 35.5. The molecule has 0 spiro atoms. The number of rotatable bonds is 3. The molecule has 2 nitrogen and oxygen atoms in total. The first-order valence-corrected chi connectivity index (χ1v) is 4.61. The molecule has 0 fully saturated rings. The van der Waals surface area contributed by atoms with E-state index in [1.54, 1.807) is 24.3 Å². The van der Waals surface area contributed by atoms with Crippen LogP contribution in [0.2, 0.25) is 5.02 Å². The highest BCUT2D eigenvalue weighted by Crippen LogP contribution is 2.28. The Kier molecular flexibility index (Phi) is 3.98. The molecule has 0 aliphatic heterocycles. The maximum absolute atomic E-state index is 10.5. The number of methoxy groups -OCH3 is 1. The number of halogens is 2. The van der Waals surface area contributed by atoms with Gasteiger partial charge < -0.3 is 4.74 Å². The molecule has 0 unspecified atom stereocenters. The molecule has 0 N–H and O–H groups in total. The molecule has 1 aromatic carbocycles. The molecule has 74 valence electrons. The standard InChI is InChI=1S/C10H8Cl2O2/c1-14-8-4-2-3-7(10(8)12)5-6-9(11)13/h2-6H,1H3. The summed E-state index contributed by atoms with van der Waals surface area (Å²) in [6.07, 6.45) is 2.78. The molecule has 4 heteroatoms. The van der Waals surface area contributed by atoms with Crippen molar-refractivity contribution in [3.63, 3.8) is 0 Å². The highest BCUT2D eigenvalue weighted by molar-refractivity contribution is 6.66. The van der Waals surface area contributed by atoms with E-state index in [9.17, 15) is 4.79 Å². The van der Waals surface area contributed by atoms with Crippen molar-refractivity contribution >= 4 is 34.5 Å². The fraction of sp³-hybridized carbons (Fsp3) is 0.100. The second-order valence-corrected chi connectivity index (χ2v) is 3.25. The first-order chi connectivity index (χ1) is 6.65. The summed E-state index contributed by atoms with van der Waals surface area (Å²) in [5.74, 6) is 0.566. The van der Waals surface area contributed by atoms with Crippen LogP contribution in [0, 0.1) is 0 Å². The van der Waals surface area contributed by atoms with Crippen molar-refractivity contribution in [1.82, 2.24) is 0 Å². The third-order valence-electron chi connectivity index (χ3n) is 1.61. The number of hydrogen-bond donors (Lipinski definition) is 0. The Morgan fingerprint density at radius 2 is 2.21 bits per heavy atom. The Morgan fingerprint density at radius 3 is 2.79 bits per heavy atom. The zero-order valence-corrected chi connectivity index (χ0v) is 8.97. The fourth-order valence-electron chi connectivity index (χ4n) is 0.969. The van der Waals surface area contributed by atoms with Gasteiger partial charge in [0.2, 0.25) is 5.24 Å². The molecule has 0 saturated heterocycles. The minimum atomic E-state index is -0.538. The number of carbonyl (C=O) groups is 1. The van der Waals surface area contributed by atoms with Crippen LogP contribution in [0.4, 0.5) is 0 Å². The molecule has 0 heterocycles. The summed E-state index contributed by atoms with van der Waals surface area (Å²) in [5.41, 5.74) is 0.694. The zero-order chi connectivity index (χ0) is 10.6. The van der Waals surface area contributed by atoms with E-state index in [2.05, 4.69) is 0 Å². The van der Waals surface area contributed by atoms with Gasteiger partial charge in [-0.2, -0.15) is 0 Å². The molecule has 1 aromatic rings. The second-order valence-electron chi connectivity index (χ2n) is 2.50. The van der Waals surface area contributed by atoms with Gasteiger partial charge in [-0.1, -0.05) is 23.7 Å². The van der Waals surface area contributed by atoms with Gasteiger partial charge in [0.25, 0.3) is 0 Å². The fourth-order valence-corrected chi connectivity index (χ4v) is 1.30. The monoisotopic (exact) mass is 230 g/mol. The van der Waals surface area contributed by atoms with Gasteiger partial charge >= 0.3 is 0 Å². The number of ether oxygens (including phenoxy) is 1. The van der Waals surface area contributed by atoms with Crippen molar-refractivity contribution in [2.24, 2.45) is 0 Å². The smallest absolute Gasteiger partial charge is 0.245 e. The molecule has 0 aliphatic rings. The van der Waals surface area contributed by atoms with E-state index in [4.69, 9.17) is 27.9 Å². The van der Waals surface area contributed by atoms with Crippen LogP contribution in [0.1, 0.15) is 5.56 Å². The number of hydrogen-bond acceptors (Lipinski definition) is 2. The molecule has 0 atom stereocenters. The van der Waals surface area contributed by atoms with E-state index in [1.807, 2.05) is 0 Å². The number of benzene rings is 1. The Bertz CT molecular complexity index is 372. The van der Waals surface area contributed by atoms with Crippen LogP contribution in [0.25, 0.3) is 6.08 Å². The molecule has 0 aliphatic carbocycles. The lowest BCUT2D eigenvalue weighted by atomic mass is 10.2. The van der Waals surface area contributed by atoms with Crippen molar-refractivity contribution in [1.29, 1.82) is 0 Å². The summed E-state index contributed by atoms with van der Waals surface area (Å²) in [7, 11) is 1.53. The Morgan fingerprint density at radius 1 is 1.50 bits per heavy atom. The Balaban J connectivity index is 3.03. The Hall–Kier alpha value is -0.990. The van der Waals surface area contributed by atoms with Gasteiger partial charge in [-0.05, 0) is 35.4 Å². The van der Waals surface area contributed by atoms with Crippen LogP contribution >= 0.6 is 23.2 Å². The number of carbonyl (C=O) groups excluding carboxylic acids is 1. The topological polar surface area (TPSA) is 26.3 Å². The van der Waals surface area contributed by atoms with Crippen LogP contribution < -0.4 is 4.74 Å². The van der Waals surface area contributed by atoms with Gasteiger partial charge in [-0.25, -0.2) is 0 Å². The molecular weight excluding hydrogens is 223 g/mol. The van der Waals surface area contributed by atoms with Crippen molar-refractivity contribution in [2.45, 2.75) is 0 Å². The van der Waals surface area contributed by atoms with E-state index in [1.165, 1.54) is 13.2 Å². The maximum atomic E-state index is 10.5. The van der Waals surface area contributed by atoms with Gasteiger partial charge in [0.15, 0.2) is 0 Å². The molecule has 14 heavy (non-hydrogen) atoms. The third kappa shape index (κ3) is 2.76. The molecule has 0 saturated carbocycles. The van der Waals surface area contributed by atoms with Gasteiger partial charge in [0.05, 0.1) is 12.1 Å². The minimum Gasteiger partial charge on any atom is -0.495 e. The largest absolute Gasteiger partial charge is 0.495 e. The van der Waals surface area contributed by atoms with Crippen molar-refractivity contribution in [3.05, 3.63) is 34.9 Å². The Labute approximate surface area is 92.1 Å². The quantitative estimate of drug-likeness (QED) is 0.590. The molecule has 0 radical (unpaired) electrons. The van der Waals surface area contributed by atoms with Crippen LogP contribution in [-0.4, -0.2) is 12.4 Å². The maximum Gasteiger partial charge on any atom is 0.245 e. The number of allylic oxidation sites excluding steroid dienone is 1. The molecule has 0 aromatic heterocycles. The van der Waals surface area contributed by atoms with Gasteiger partial charge in [-0.15, -0.1) is 0 Å². The van der Waals surface area contributed by atoms with E-state index < -0.39 is 5.24 Å². The lowest BCUT2D eigenvalue weighted by Gasteiger charge is -2.04. The molecule has 0 bridgehead atoms. The van der Waals surface area contributed by atoms with Gasteiger partial charge in [-0.3, -0.25) is 4.79 Å². The average Bonchev–Trinajstić information content (AvgIpc) is 2.16. The van der Waals surface area contributed by atoms with Crippen LogP contribution in [0.15, 0.2) is 24.3 Å². The van der Waals surface area contributed by atoms with E-state index >= 15 is 0 Å². The van der Waals surface area contributed by atoms with E-state index in [0.717, 1.165) is 0 Å². The van der Waals surface area contributed by atoms with E-state index in [-0.39, 0.29) is 0 Å². The van der Waals surface area contributed by atoms with Gasteiger partial charge in [0, 0.05) is 0 Å². The predicted molar refractivity (Wildman–Crippen MR) is 57.9 cm³/mol. The molecule has 1 rings (SSSR count). The SMILES string of the molecule is COc1cccc(C=CC(=O)Cl)c1Cl. The first kappa shape index (κ1) is 11.1. The third-order valence-corrected chi connectivity index (χ3v) is 2.14. The summed E-state index contributed by atoms with van der Waals surface area (Å²) in [5, 5.41) is -0.0759. The second kappa shape index (κ2) is 5.03. The first-order valence-electron chi connectivity index (χ1n) is 3.85. The predicted octanol–water partition coefficient (Wildman–Crippen LogP) is 3.13. The summed E-state index contributed by atoms with van der Waals surface area (Å²) in [6.45, 7) is 0.